The molecule has 1 amide bonds. The number of rotatable bonds is 7. The molecule has 152 valence electrons. The molecule has 3 heterocycles. The lowest BCUT2D eigenvalue weighted by Crippen LogP contribution is -2.24. The Kier molecular flexibility index (Phi) is 6.32. The van der Waals surface area contributed by atoms with Gasteiger partial charge in [0.2, 0.25) is 5.91 Å². The van der Waals surface area contributed by atoms with Gasteiger partial charge in [-0.15, -0.1) is 11.8 Å². The van der Waals surface area contributed by atoms with Crippen molar-refractivity contribution in [3.8, 4) is 0 Å². The average molecular weight is 416 g/mol. The van der Waals surface area contributed by atoms with Crippen LogP contribution in [-0.2, 0) is 20.9 Å². The van der Waals surface area contributed by atoms with Gasteiger partial charge in [-0.1, -0.05) is 11.2 Å². The van der Waals surface area contributed by atoms with Gasteiger partial charge in [-0.25, -0.2) is 4.98 Å². The Morgan fingerprint density at radius 3 is 2.83 bits per heavy atom. The van der Waals surface area contributed by atoms with E-state index in [9.17, 15) is 14.4 Å². The number of nitrogens with one attached hydrogen (secondary N) is 1. The number of hydrogen-bond acceptors (Lipinski definition) is 8. The standard InChI is InChI=1S/C19H20N4O5S/c1-11-4-5-16-20-14(7-17(24)23(16)8-11)9-27-18(25)10-29-13(3)19(26)21-15-6-12(2)28-22-15/h4-8,13H,9-10H2,1-3H3,(H,21,22,26)/t13-/m1/s1. The number of anilines is 1. The maximum absolute atomic E-state index is 12.2. The van der Waals surface area contributed by atoms with E-state index in [1.807, 2.05) is 13.0 Å². The predicted octanol–water partition coefficient (Wildman–Crippen LogP) is 2.10. The van der Waals surface area contributed by atoms with Crippen molar-refractivity contribution in [2.24, 2.45) is 0 Å². The number of nitrogens with zero attached hydrogens (tertiary/aromatic N) is 3. The number of ether oxygens (including phenoxy) is 1. The molecule has 1 atom stereocenters. The molecule has 0 bridgehead atoms. The molecular formula is C19H20N4O5S. The fraction of sp³-hybridized carbons (Fsp3) is 0.316. The van der Waals surface area contributed by atoms with Crippen LogP contribution in [0, 0.1) is 13.8 Å². The van der Waals surface area contributed by atoms with E-state index in [1.165, 1.54) is 10.5 Å². The van der Waals surface area contributed by atoms with Gasteiger partial charge < -0.3 is 14.6 Å². The van der Waals surface area contributed by atoms with Crippen LogP contribution in [0.5, 0.6) is 0 Å². The Bertz CT molecular complexity index is 1110. The van der Waals surface area contributed by atoms with Crippen molar-refractivity contribution in [2.45, 2.75) is 32.6 Å². The van der Waals surface area contributed by atoms with Gasteiger partial charge in [-0.05, 0) is 32.4 Å². The number of aryl methyl sites for hydroxylation is 2. The summed E-state index contributed by atoms with van der Waals surface area (Å²) in [6.45, 7) is 5.16. The lowest BCUT2D eigenvalue weighted by atomic mass is 10.3. The quantitative estimate of drug-likeness (QED) is 0.582. The molecule has 0 saturated carbocycles. The van der Waals surface area contributed by atoms with Gasteiger partial charge in [0, 0.05) is 18.3 Å². The average Bonchev–Trinajstić information content (AvgIpc) is 3.09. The monoisotopic (exact) mass is 416 g/mol. The van der Waals surface area contributed by atoms with Gasteiger partial charge in [0.15, 0.2) is 5.82 Å². The molecule has 3 rings (SSSR count). The second kappa shape index (κ2) is 8.91. The van der Waals surface area contributed by atoms with E-state index >= 15 is 0 Å². The predicted molar refractivity (Wildman–Crippen MR) is 108 cm³/mol. The topological polar surface area (TPSA) is 116 Å². The van der Waals surface area contributed by atoms with Crippen molar-refractivity contribution in [3.05, 3.63) is 57.8 Å². The van der Waals surface area contributed by atoms with Gasteiger partial charge in [0.25, 0.3) is 5.56 Å². The Hall–Kier alpha value is -3.14. The minimum atomic E-state index is -0.502. The van der Waals surface area contributed by atoms with Crippen molar-refractivity contribution in [3.63, 3.8) is 0 Å². The summed E-state index contributed by atoms with van der Waals surface area (Å²) in [7, 11) is 0. The molecule has 0 aliphatic carbocycles. The molecule has 9 nitrogen and oxygen atoms in total. The zero-order valence-corrected chi connectivity index (χ0v) is 17.0. The van der Waals surface area contributed by atoms with Crippen LogP contribution in [0.1, 0.15) is 23.9 Å². The van der Waals surface area contributed by atoms with E-state index in [2.05, 4.69) is 15.5 Å². The number of esters is 1. The van der Waals surface area contributed by atoms with Crippen molar-refractivity contribution < 1.29 is 18.8 Å². The molecular weight excluding hydrogens is 396 g/mol. The lowest BCUT2D eigenvalue weighted by molar-refractivity contribution is -0.141. The first-order valence-electron chi connectivity index (χ1n) is 8.82. The summed E-state index contributed by atoms with van der Waals surface area (Å²) < 4.78 is 11.5. The Morgan fingerprint density at radius 1 is 1.31 bits per heavy atom. The molecule has 29 heavy (non-hydrogen) atoms. The molecule has 0 radical (unpaired) electrons. The highest BCUT2D eigenvalue weighted by atomic mass is 32.2. The molecule has 0 spiro atoms. The summed E-state index contributed by atoms with van der Waals surface area (Å²) in [5, 5.41) is 5.80. The van der Waals surface area contributed by atoms with Gasteiger partial charge in [0.1, 0.15) is 18.0 Å². The van der Waals surface area contributed by atoms with Crippen molar-refractivity contribution in [1.29, 1.82) is 0 Å². The third kappa shape index (κ3) is 5.44. The van der Waals surface area contributed by atoms with Gasteiger partial charge in [0.05, 0.1) is 16.7 Å². The highest BCUT2D eigenvalue weighted by Gasteiger charge is 2.17. The number of pyridine rings is 1. The third-order valence-electron chi connectivity index (χ3n) is 3.94. The molecule has 0 aliphatic heterocycles. The Balaban J connectivity index is 1.49. The molecule has 0 saturated heterocycles. The first-order chi connectivity index (χ1) is 13.8. The summed E-state index contributed by atoms with van der Waals surface area (Å²) in [6.07, 6.45) is 1.70. The smallest absolute Gasteiger partial charge is 0.316 e. The van der Waals surface area contributed by atoms with E-state index in [4.69, 9.17) is 9.26 Å². The van der Waals surface area contributed by atoms with E-state index in [0.29, 0.717) is 22.9 Å². The second-order valence-electron chi connectivity index (χ2n) is 6.45. The summed E-state index contributed by atoms with van der Waals surface area (Å²) in [6, 6.07) is 6.52. The summed E-state index contributed by atoms with van der Waals surface area (Å²) in [4.78, 5) is 40.6. The number of amides is 1. The zero-order valence-electron chi connectivity index (χ0n) is 16.2. The molecule has 0 aromatic carbocycles. The van der Waals surface area contributed by atoms with Gasteiger partial charge in [-0.3, -0.25) is 18.8 Å². The van der Waals surface area contributed by atoms with Crippen LogP contribution in [0.15, 0.2) is 39.8 Å². The van der Waals surface area contributed by atoms with E-state index in [0.717, 1.165) is 17.3 Å². The van der Waals surface area contributed by atoms with E-state index in [-0.39, 0.29) is 23.8 Å². The number of thioether (sulfide) groups is 1. The molecule has 10 heteroatoms. The maximum atomic E-state index is 12.2. The number of hydrogen-bond donors (Lipinski definition) is 1. The normalized spacial score (nSPS) is 12.0. The van der Waals surface area contributed by atoms with Crippen LogP contribution in [-0.4, -0.2) is 37.4 Å². The van der Waals surface area contributed by atoms with Crippen molar-refractivity contribution >= 4 is 35.1 Å². The van der Waals surface area contributed by atoms with Crippen molar-refractivity contribution in [2.75, 3.05) is 11.1 Å². The maximum Gasteiger partial charge on any atom is 0.316 e. The highest BCUT2D eigenvalue weighted by molar-refractivity contribution is 8.01. The fourth-order valence-corrected chi connectivity index (χ4v) is 3.13. The van der Waals surface area contributed by atoms with Crippen LogP contribution >= 0.6 is 11.8 Å². The largest absolute Gasteiger partial charge is 0.459 e. The first-order valence-corrected chi connectivity index (χ1v) is 9.87. The van der Waals surface area contributed by atoms with Crippen LogP contribution in [0.3, 0.4) is 0 Å². The summed E-state index contributed by atoms with van der Waals surface area (Å²) in [5.41, 5.74) is 1.54. The SMILES string of the molecule is Cc1ccc2nc(COC(=O)CS[C@H](C)C(=O)Nc3cc(C)on3)cc(=O)n2c1. The third-order valence-corrected chi connectivity index (χ3v) is 5.06. The van der Waals surface area contributed by atoms with Gasteiger partial charge in [-0.2, -0.15) is 0 Å². The number of carbonyl (C=O) groups excluding carboxylic acids is 2. The minimum Gasteiger partial charge on any atom is -0.459 e. The highest BCUT2D eigenvalue weighted by Crippen LogP contribution is 2.15. The Labute approximate surface area is 170 Å². The van der Waals surface area contributed by atoms with Crippen molar-refractivity contribution in [1.82, 2.24) is 14.5 Å². The first kappa shape index (κ1) is 20.6. The summed E-state index contributed by atoms with van der Waals surface area (Å²) >= 11 is 1.13. The van der Waals surface area contributed by atoms with Crippen LogP contribution in [0.4, 0.5) is 5.82 Å². The molecule has 0 aliphatic rings. The van der Waals surface area contributed by atoms with Crippen LogP contribution in [0.2, 0.25) is 0 Å². The second-order valence-corrected chi connectivity index (χ2v) is 7.78. The number of fused-ring (bicyclic) bond motifs is 1. The molecule has 1 N–H and O–H groups in total. The number of aromatic nitrogens is 3. The molecule has 0 fully saturated rings. The lowest BCUT2D eigenvalue weighted by Gasteiger charge is -2.10. The zero-order chi connectivity index (χ0) is 21.0. The van der Waals surface area contributed by atoms with Crippen LogP contribution < -0.4 is 10.9 Å². The van der Waals surface area contributed by atoms with Crippen LogP contribution in [0.25, 0.3) is 5.65 Å². The van der Waals surface area contributed by atoms with E-state index < -0.39 is 11.2 Å². The molecule has 0 unspecified atom stereocenters. The van der Waals surface area contributed by atoms with E-state index in [1.54, 1.807) is 32.2 Å². The fourth-order valence-electron chi connectivity index (χ4n) is 2.45. The van der Waals surface area contributed by atoms with Gasteiger partial charge >= 0.3 is 5.97 Å². The molecule has 3 aromatic rings. The summed E-state index contributed by atoms with van der Waals surface area (Å²) in [5.74, 6) is 0.0964. The molecule has 3 aromatic heterocycles. The Morgan fingerprint density at radius 2 is 2.10 bits per heavy atom. The minimum absolute atomic E-state index is 0.0157. The number of carbonyl (C=O) groups is 2.